The molecule has 0 aromatic carbocycles. The van der Waals surface area contributed by atoms with Crippen LogP contribution in [-0.4, -0.2) is 64.8 Å². The lowest BCUT2D eigenvalue weighted by Crippen LogP contribution is -2.68. The second-order valence-electron chi connectivity index (χ2n) is 20.3. The number of aliphatic hydroxyl groups is 1. The molecule has 1 heterocycles. The van der Waals surface area contributed by atoms with Gasteiger partial charge < -0.3 is 19.6 Å². The molecular weight excluding hydrogens is 572 g/mol. The van der Waals surface area contributed by atoms with Crippen LogP contribution in [0.25, 0.3) is 0 Å². The van der Waals surface area contributed by atoms with Crippen molar-refractivity contribution >= 4 is 12.0 Å². The van der Waals surface area contributed by atoms with Gasteiger partial charge in [-0.25, -0.2) is 4.79 Å². The standard InChI is InChI=1S/C40H66N2O4/c1-34(2,3)46-33(45)42-24-22-41(23-25-42)32(44)40-17-12-26(36(6)18-19-36)31(40)27-10-11-29-37(7)15-14-30(43)35(4,5)28(37)13-16-39(29,9)38(27,8)20-21-40/h26-31,43H,10-25H2,1-9H3/t26-,27-,28?,29?,30+,31?,37+,38-,39-,40+/m1/s1. The fourth-order valence-corrected chi connectivity index (χ4v) is 14.0. The topological polar surface area (TPSA) is 70.1 Å². The summed E-state index contributed by atoms with van der Waals surface area (Å²) in [7, 11) is 0. The number of hydrogen-bond acceptors (Lipinski definition) is 4. The third kappa shape index (κ3) is 4.55. The molecule has 6 saturated carbocycles. The fraction of sp³-hybridized carbons (Fsp3) is 0.950. The molecule has 7 fully saturated rings. The molecular formula is C40H66N2O4. The van der Waals surface area contributed by atoms with Gasteiger partial charge in [-0.15, -0.1) is 0 Å². The number of aliphatic hydroxyl groups excluding tert-OH is 1. The first kappa shape index (κ1) is 33.2. The number of hydrogen-bond donors (Lipinski definition) is 1. The van der Waals surface area contributed by atoms with Gasteiger partial charge in [0.25, 0.3) is 0 Å². The molecule has 0 spiro atoms. The largest absolute Gasteiger partial charge is 0.444 e. The molecule has 0 aromatic heterocycles. The van der Waals surface area contributed by atoms with E-state index in [1.807, 2.05) is 20.8 Å². The van der Waals surface area contributed by atoms with Gasteiger partial charge in [-0.3, -0.25) is 4.79 Å². The van der Waals surface area contributed by atoms with Crippen molar-refractivity contribution in [3.8, 4) is 0 Å². The molecule has 260 valence electrons. The molecule has 6 nitrogen and oxygen atoms in total. The van der Waals surface area contributed by atoms with E-state index >= 15 is 4.79 Å². The first-order valence-corrected chi connectivity index (χ1v) is 19.3. The molecule has 2 amide bonds. The summed E-state index contributed by atoms with van der Waals surface area (Å²) in [5, 5.41) is 11.1. The number of rotatable bonds is 2. The molecule has 10 atom stereocenters. The lowest BCUT2D eigenvalue weighted by atomic mass is 9.32. The van der Waals surface area contributed by atoms with E-state index in [2.05, 4.69) is 46.4 Å². The lowest BCUT2D eigenvalue weighted by molar-refractivity contribution is -0.249. The van der Waals surface area contributed by atoms with Crippen molar-refractivity contribution < 1.29 is 19.4 Å². The van der Waals surface area contributed by atoms with Gasteiger partial charge in [-0.2, -0.15) is 0 Å². The fourth-order valence-electron chi connectivity index (χ4n) is 14.0. The van der Waals surface area contributed by atoms with Crippen LogP contribution in [-0.2, 0) is 9.53 Å². The van der Waals surface area contributed by atoms with E-state index in [1.165, 1.54) is 51.4 Å². The third-order valence-electron chi connectivity index (χ3n) is 17.0. The Morgan fingerprint density at radius 2 is 1.33 bits per heavy atom. The number of ether oxygens (including phenoxy) is 1. The second kappa shape index (κ2) is 10.4. The van der Waals surface area contributed by atoms with Crippen molar-refractivity contribution in [2.45, 2.75) is 151 Å². The van der Waals surface area contributed by atoms with E-state index in [0.717, 1.165) is 25.7 Å². The molecule has 6 heteroatoms. The summed E-state index contributed by atoms with van der Waals surface area (Å²) in [6.45, 7) is 23.4. The average molecular weight is 639 g/mol. The highest BCUT2D eigenvalue weighted by atomic mass is 16.6. The van der Waals surface area contributed by atoms with Crippen LogP contribution in [0.5, 0.6) is 0 Å². The summed E-state index contributed by atoms with van der Waals surface area (Å²) in [5.74, 6) is 3.41. The van der Waals surface area contributed by atoms with Crippen molar-refractivity contribution in [2.75, 3.05) is 26.2 Å². The van der Waals surface area contributed by atoms with E-state index in [-0.39, 0.29) is 39.3 Å². The molecule has 1 saturated heterocycles. The maximum atomic E-state index is 15.0. The molecule has 0 aromatic rings. The van der Waals surface area contributed by atoms with Gasteiger partial charge in [0.15, 0.2) is 0 Å². The van der Waals surface area contributed by atoms with Crippen molar-refractivity contribution in [2.24, 2.45) is 62.1 Å². The third-order valence-corrected chi connectivity index (χ3v) is 17.0. The summed E-state index contributed by atoms with van der Waals surface area (Å²) in [5.41, 5.74) is 0.419. The van der Waals surface area contributed by atoms with Gasteiger partial charge in [0, 0.05) is 26.2 Å². The number of fused-ring (bicyclic) bond motifs is 7. The summed E-state index contributed by atoms with van der Waals surface area (Å²) in [6, 6.07) is 0. The van der Waals surface area contributed by atoms with Gasteiger partial charge in [0.2, 0.25) is 5.91 Å². The zero-order chi connectivity index (χ0) is 33.3. The van der Waals surface area contributed by atoms with Crippen molar-refractivity contribution in [1.29, 1.82) is 0 Å². The first-order valence-electron chi connectivity index (χ1n) is 19.3. The van der Waals surface area contributed by atoms with E-state index in [9.17, 15) is 9.90 Å². The molecule has 3 unspecified atom stereocenters. The Morgan fingerprint density at radius 3 is 1.96 bits per heavy atom. The predicted octanol–water partition coefficient (Wildman–Crippen LogP) is 8.31. The van der Waals surface area contributed by atoms with E-state index in [1.54, 1.807) is 4.90 Å². The van der Waals surface area contributed by atoms with Crippen molar-refractivity contribution in [3.05, 3.63) is 0 Å². The van der Waals surface area contributed by atoms with Gasteiger partial charge >= 0.3 is 6.09 Å². The molecule has 46 heavy (non-hydrogen) atoms. The zero-order valence-electron chi connectivity index (χ0n) is 30.8. The molecule has 7 rings (SSSR count). The minimum atomic E-state index is -0.510. The number of nitrogens with zero attached hydrogens (tertiary/aromatic N) is 2. The molecule has 6 aliphatic carbocycles. The Morgan fingerprint density at radius 1 is 0.674 bits per heavy atom. The normalized spacial score (nSPS) is 47.6. The SMILES string of the molecule is CC(C)(C)OC(=O)N1CCN(C(=O)[C@]23CC[C@@H](C4(C)CC4)C2[C@H]2CCC4[C@@]5(C)CC[C@H](O)C(C)(C)C5CC[C@@]4(C)[C@]2(C)CC3)CC1. The Labute approximate surface area is 280 Å². The number of amides is 2. The van der Waals surface area contributed by atoms with Crippen LogP contribution in [0, 0.1) is 62.1 Å². The van der Waals surface area contributed by atoms with Crippen molar-refractivity contribution in [1.82, 2.24) is 9.80 Å². The highest BCUT2D eigenvalue weighted by Gasteiger charge is 2.73. The van der Waals surface area contributed by atoms with Crippen LogP contribution in [0.3, 0.4) is 0 Å². The summed E-state index contributed by atoms with van der Waals surface area (Å²) >= 11 is 0. The Balaban J connectivity index is 1.17. The second-order valence-corrected chi connectivity index (χ2v) is 20.3. The summed E-state index contributed by atoms with van der Waals surface area (Å²) in [4.78, 5) is 31.8. The maximum absolute atomic E-state index is 15.0. The van der Waals surface area contributed by atoms with Crippen molar-refractivity contribution in [3.63, 3.8) is 0 Å². The quantitative estimate of drug-likeness (QED) is 0.330. The van der Waals surface area contributed by atoms with Crippen LogP contribution in [0.1, 0.15) is 139 Å². The smallest absolute Gasteiger partial charge is 0.410 e. The first-order chi connectivity index (χ1) is 21.3. The minimum Gasteiger partial charge on any atom is -0.444 e. The number of piperazine rings is 1. The maximum Gasteiger partial charge on any atom is 0.410 e. The summed E-state index contributed by atoms with van der Waals surface area (Å²) in [6.07, 6.45) is 13.8. The van der Waals surface area contributed by atoms with Gasteiger partial charge in [-0.05, 0) is 154 Å². The van der Waals surface area contributed by atoms with Gasteiger partial charge in [0.05, 0.1) is 11.5 Å². The van der Waals surface area contributed by atoms with E-state index in [0.29, 0.717) is 67.1 Å². The monoisotopic (exact) mass is 639 g/mol. The van der Waals surface area contributed by atoms with E-state index in [4.69, 9.17) is 4.74 Å². The van der Waals surface area contributed by atoms with Crippen LogP contribution in [0.15, 0.2) is 0 Å². The molecule has 1 N–H and O–H groups in total. The lowest BCUT2D eigenvalue weighted by Gasteiger charge is -2.73. The Bertz CT molecular complexity index is 1240. The predicted molar refractivity (Wildman–Crippen MR) is 182 cm³/mol. The molecule has 0 radical (unpaired) electrons. The zero-order valence-corrected chi connectivity index (χ0v) is 30.8. The van der Waals surface area contributed by atoms with Crippen LogP contribution >= 0.6 is 0 Å². The minimum absolute atomic E-state index is 0.0230. The van der Waals surface area contributed by atoms with E-state index < -0.39 is 5.60 Å². The molecule has 0 bridgehead atoms. The number of carbonyl (C=O) groups is 2. The highest BCUT2D eigenvalue weighted by Crippen LogP contribution is 2.79. The van der Waals surface area contributed by atoms with Crippen LogP contribution < -0.4 is 0 Å². The van der Waals surface area contributed by atoms with Crippen LogP contribution in [0.4, 0.5) is 4.79 Å². The van der Waals surface area contributed by atoms with Crippen LogP contribution in [0.2, 0.25) is 0 Å². The Hall–Kier alpha value is -1.30. The van der Waals surface area contributed by atoms with Gasteiger partial charge in [0.1, 0.15) is 5.60 Å². The molecule has 7 aliphatic rings. The highest BCUT2D eigenvalue weighted by molar-refractivity contribution is 5.84. The number of carbonyl (C=O) groups excluding carboxylic acids is 2. The Kier molecular flexibility index (Phi) is 7.48. The average Bonchev–Trinajstić information content (AvgIpc) is 3.59. The van der Waals surface area contributed by atoms with Gasteiger partial charge in [-0.1, -0.05) is 41.5 Å². The molecule has 1 aliphatic heterocycles. The summed E-state index contributed by atoms with van der Waals surface area (Å²) < 4.78 is 5.67.